The Bertz CT molecular complexity index is 1220. The molecule has 1 aromatic carbocycles. The van der Waals surface area contributed by atoms with Gasteiger partial charge in [-0.2, -0.15) is 0 Å². The summed E-state index contributed by atoms with van der Waals surface area (Å²) < 4.78 is 12.2. The fourth-order valence-electron chi connectivity index (χ4n) is 7.46. The van der Waals surface area contributed by atoms with E-state index in [-0.39, 0.29) is 24.3 Å². The summed E-state index contributed by atoms with van der Waals surface area (Å²) in [4.78, 5) is 50.6. The molecule has 0 aromatic heterocycles. The van der Waals surface area contributed by atoms with Gasteiger partial charge in [0.15, 0.2) is 0 Å². The molecule has 5 heterocycles. The maximum absolute atomic E-state index is 14.6. The normalized spacial score (nSPS) is 32.0. The van der Waals surface area contributed by atoms with E-state index in [0.717, 1.165) is 25.1 Å². The second-order valence-corrected chi connectivity index (χ2v) is 12.0. The molecule has 3 amide bonds. The molecule has 42 heavy (non-hydrogen) atoms. The summed E-state index contributed by atoms with van der Waals surface area (Å²) in [5, 5.41) is 10.7. The zero-order valence-electron chi connectivity index (χ0n) is 24.3. The lowest BCUT2D eigenvalue weighted by Crippen LogP contribution is -2.59. The molecule has 1 N–H and O–H groups in total. The molecule has 1 unspecified atom stereocenters. The van der Waals surface area contributed by atoms with E-state index in [9.17, 15) is 19.5 Å². The van der Waals surface area contributed by atoms with Crippen LogP contribution in [0.2, 0.25) is 0 Å². The van der Waals surface area contributed by atoms with Crippen LogP contribution in [0.5, 0.6) is 0 Å². The van der Waals surface area contributed by atoms with Crippen molar-refractivity contribution in [2.75, 3.05) is 65.6 Å². The van der Waals surface area contributed by atoms with Crippen molar-refractivity contribution >= 4 is 17.7 Å². The number of rotatable bonds is 9. The Morgan fingerprint density at radius 3 is 2.43 bits per heavy atom. The first kappa shape index (κ1) is 29.0. The fourth-order valence-corrected chi connectivity index (χ4v) is 7.46. The first-order valence-electron chi connectivity index (χ1n) is 15.3. The van der Waals surface area contributed by atoms with Crippen LogP contribution in [0.4, 0.5) is 0 Å². The minimum absolute atomic E-state index is 0.111. The quantitative estimate of drug-likeness (QED) is 0.431. The number of aliphatic hydroxyl groups excluding tert-OH is 1. The zero-order chi connectivity index (χ0) is 29.3. The molecule has 10 heteroatoms. The highest BCUT2D eigenvalue weighted by Gasteiger charge is 2.72. The first-order chi connectivity index (χ1) is 20.5. The summed E-state index contributed by atoms with van der Waals surface area (Å²) in [5.74, 6) is -2.19. The topological polar surface area (TPSA) is 103 Å². The van der Waals surface area contributed by atoms with Crippen LogP contribution in [0.15, 0.2) is 54.6 Å². The fraction of sp³-hybridized carbons (Fsp3) is 0.594. The molecule has 3 fully saturated rings. The van der Waals surface area contributed by atoms with Crippen LogP contribution in [0.3, 0.4) is 0 Å². The number of nitrogens with zero attached hydrogens (tertiary/aromatic N) is 4. The van der Waals surface area contributed by atoms with E-state index < -0.39 is 35.6 Å². The minimum atomic E-state index is -1.30. The van der Waals surface area contributed by atoms with E-state index in [1.54, 1.807) is 14.7 Å². The highest BCUT2D eigenvalue weighted by molar-refractivity contribution is 6.00. The van der Waals surface area contributed by atoms with Crippen molar-refractivity contribution in [3.05, 3.63) is 60.2 Å². The van der Waals surface area contributed by atoms with Crippen LogP contribution in [-0.2, 0) is 30.3 Å². The standard InChI is InChI=1S/C32H42N4O6/c1-2-12-34-13-6-10-25-26(29(34)38)27-30(39)36(24(22-37)21-23-8-4-3-5-9-23)28-31(40)35(14-7-11-32(27,28)42-25)16-15-33-17-19-41-20-18-33/h3-11,24-28,37H,2,12-22H2,1H3/t24-,25-,26+,27+,28?,32+/m1/s1. The Balaban J connectivity index is 1.37. The highest BCUT2D eigenvalue weighted by Crippen LogP contribution is 2.54. The Kier molecular flexibility index (Phi) is 8.49. The Hall–Kier alpha value is -3.05. The second kappa shape index (κ2) is 12.3. The predicted molar refractivity (Wildman–Crippen MR) is 155 cm³/mol. The number of hydrogen-bond donors (Lipinski definition) is 1. The van der Waals surface area contributed by atoms with Crippen LogP contribution in [0.25, 0.3) is 0 Å². The molecule has 0 aliphatic carbocycles. The molecule has 6 atom stereocenters. The molecule has 1 aromatic rings. The average Bonchev–Trinajstić information content (AvgIpc) is 3.34. The van der Waals surface area contributed by atoms with Gasteiger partial charge in [0, 0.05) is 45.8 Å². The molecular formula is C32H42N4O6. The number of hydrogen-bond acceptors (Lipinski definition) is 7. The molecule has 0 bridgehead atoms. The second-order valence-electron chi connectivity index (χ2n) is 12.0. The SMILES string of the molecule is CCCN1CC=C[C@H]2O[C@]34C=CCN(CCN5CCOCC5)C(=O)C3N([C@@H](CO)Cc3ccccc3)C(=O)[C@@H]4[C@H]2C1=O. The van der Waals surface area contributed by atoms with Crippen molar-refractivity contribution < 1.29 is 29.0 Å². The number of carbonyl (C=O) groups is 3. The van der Waals surface area contributed by atoms with Gasteiger partial charge in [0.05, 0.1) is 43.8 Å². The Morgan fingerprint density at radius 1 is 0.952 bits per heavy atom. The number of benzene rings is 1. The molecule has 1 spiro atoms. The van der Waals surface area contributed by atoms with E-state index >= 15 is 0 Å². The maximum Gasteiger partial charge on any atom is 0.249 e. The smallest absolute Gasteiger partial charge is 0.249 e. The van der Waals surface area contributed by atoms with Crippen molar-refractivity contribution in [3.63, 3.8) is 0 Å². The van der Waals surface area contributed by atoms with Crippen molar-refractivity contribution in [2.45, 2.75) is 43.6 Å². The van der Waals surface area contributed by atoms with Crippen LogP contribution < -0.4 is 0 Å². The molecule has 226 valence electrons. The van der Waals surface area contributed by atoms with E-state index in [0.29, 0.717) is 52.4 Å². The number of amides is 3. The van der Waals surface area contributed by atoms with Crippen molar-refractivity contribution in [2.24, 2.45) is 11.8 Å². The molecule has 0 saturated carbocycles. The van der Waals surface area contributed by atoms with Crippen molar-refractivity contribution in [1.29, 1.82) is 0 Å². The first-order valence-corrected chi connectivity index (χ1v) is 15.3. The molecule has 6 rings (SSSR count). The van der Waals surface area contributed by atoms with Gasteiger partial charge in [-0.15, -0.1) is 0 Å². The van der Waals surface area contributed by atoms with Crippen LogP contribution >= 0.6 is 0 Å². The third-order valence-electron chi connectivity index (χ3n) is 9.47. The number of fused-ring (bicyclic) bond motifs is 2. The van der Waals surface area contributed by atoms with Gasteiger partial charge in [-0.1, -0.05) is 61.6 Å². The third-order valence-corrected chi connectivity index (χ3v) is 9.47. The highest BCUT2D eigenvalue weighted by atomic mass is 16.5. The van der Waals surface area contributed by atoms with Crippen molar-refractivity contribution in [1.82, 2.24) is 19.6 Å². The van der Waals surface area contributed by atoms with Gasteiger partial charge >= 0.3 is 0 Å². The molecular weight excluding hydrogens is 536 g/mol. The monoisotopic (exact) mass is 578 g/mol. The third kappa shape index (κ3) is 5.08. The van der Waals surface area contributed by atoms with Gasteiger partial charge in [-0.25, -0.2) is 0 Å². The summed E-state index contributed by atoms with van der Waals surface area (Å²) >= 11 is 0. The van der Waals surface area contributed by atoms with Crippen molar-refractivity contribution in [3.8, 4) is 0 Å². The lowest BCUT2D eigenvalue weighted by molar-refractivity contribution is -0.151. The lowest BCUT2D eigenvalue weighted by Gasteiger charge is -2.39. The number of ether oxygens (including phenoxy) is 2. The maximum atomic E-state index is 14.6. The van der Waals surface area contributed by atoms with Gasteiger partial charge in [0.2, 0.25) is 17.7 Å². The minimum Gasteiger partial charge on any atom is -0.394 e. The molecule has 5 aliphatic rings. The van der Waals surface area contributed by atoms with Gasteiger partial charge in [-0.3, -0.25) is 19.3 Å². The molecule has 10 nitrogen and oxygen atoms in total. The lowest BCUT2D eigenvalue weighted by atomic mass is 9.77. The number of likely N-dealkylation sites (tertiary alicyclic amines) is 1. The largest absolute Gasteiger partial charge is 0.394 e. The Labute approximate surface area is 247 Å². The summed E-state index contributed by atoms with van der Waals surface area (Å²) in [5.41, 5.74) is -0.339. The van der Waals surface area contributed by atoms with E-state index in [2.05, 4.69) is 4.90 Å². The molecule has 3 saturated heterocycles. The van der Waals surface area contributed by atoms with E-state index in [4.69, 9.17) is 9.47 Å². The van der Waals surface area contributed by atoms with Gasteiger partial charge < -0.3 is 29.3 Å². The van der Waals surface area contributed by atoms with Gasteiger partial charge in [0.25, 0.3) is 0 Å². The van der Waals surface area contributed by atoms with Gasteiger partial charge in [0.1, 0.15) is 11.6 Å². The zero-order valence-corrected chi connectivity index (χ0v) is 24.3. The molecule has 5 aliphatic heterocycles. The summed E-state index contributed by atoms with van der Waals surface area (Å²) in [6, 6.07) is 8.05. The number of aliphatic hydroxyl groups is 1. The van der Waals surface area contributed by atoms with Crippen LogP contribution in [0.1, 0.15) is 18.9 Å². The average molecular weight is 579 g/mol. The van der Waals surface area contributed by atoms with Gasteiger partial charge in [-0.05, 0) is 18.4 Å². The predicted octanol–water partition coefficient (Wildman–Crippen LogP) is 0.710. The molecule has 0 radical (unpaired) electrons. The summed E-state index contributed by atoms with van der Waals surface area (Å²) in [6.45, 7) is 7.35. The Morgan fingerprint density at radius 2 is 1.69 bits per heavy atom. The van der Waals surface area contributed by atoms with E-state index in [1.165, 1.54) is 0 Å². The van der Waals surface area contributed by atoms with Crippen LogP contribution in [0, 0.1) is 11.8 Å². The van der Waals surface area contributed by atoms with Crippen LogP contribution in [-0.4, -0.2) is 132 Å². The summed E-state index contributed by atoms with van der Waals surface area (Å²) in [7, 11) is 0. The number of morpholine rings is 1. The van der Waals surface area contributed by atoms with E-state index in [1.807, 2.05) is 61.6 Å². The summed E-state index contributed by atoms with van der Waals surface area (Å²) in [6.07, 6.45) is 8.23. The number of carbonyl (C=O) groups excluding carboxylic acids is 3.